The van der Waals surface area contributed by atoms with Crippen LogP contribution in [0.4, 0.5) is 0 Å². The van der Waals surface area contributed by atoms with E-state index in [-0.39, 0.29) is 12.4 Å². The second-order valence-electron chi connectivity index (χ2n) is 4.88. The Hall–Kier alpha value is -1.10. The fourth-order valence-electron chi connectivity index (χ4n) is 2.36. The van der Waals surface area contributed by atoms with Crippen molar-refractivity contribution in [3.8, 4) is 0 Å². The van der Waals surface area contributed by atoms with E-state index in [1.54, 1.807) is 0 Å². The zero-order chi connectivity index (χ0) is 13.1. The highest BCUT2D eigenvalue weighted by molar-refractivity contribution is 6.30. The molecule has 1 N–H and O–H groups in total. The largest absolute Gasteiger partial charge is 0.339 e. The SMILES string of the molecule is Cl.Clc1ccc(Cc2noc(C3CCNCC3)n2)cc1. The van der Waals surface area contributed by atoms with Crippen LogP contribution in [0.1, 0.15) is 36.0 Å². The molecule has 1 saturated heterocycles. The summed E-state index contributed by atoms with van der Waals surface area (Å²) in [7, 11) is 0. The first kappa shape index (κ1) is 15.3. The molecule has 0 bridgehead atoms. The van der Waals surface area contributed by atoms with Gasteiger partial charge in [-0.1, -0.05) is 28.9 Å². The average molecular weight is 314 g/mol. The lowest BCUT2D eigenvalue weighted by molar-refractivity contribution is 0.318. The van der Waals surface area contributed by atoms with Gasteiger partial charge in [0.2, 0.25) is 5.89 Å². The predicted octanol–water partition coefficient (Wildman–Crippen LogP) is 3.20. The van der Waals surface area contributed by atoms with Gasteiger partial charge in [0.15, 0.2) is 5.82 Å². The van der Waals surface area contributed by atoms with E-state index in [9.17, 15) is 0 Å². The van der Waals surface area contributed by atoms with Crippen LogP contribution in [0.15, 0.2) is 28.8 Å². The van der Waals surface area contributed by atoms with Crippen LogP contribution < -0.4 is 5.32 Å². The number of hydrogen-bond acceptors (Lipinski definition) is 4. The maximum Gasteiger partial charge on any atom is 0.229 e. The van der Waals surface area contributed by atoms with Crippen LogP contribution in [0.25, 0.3) is 0 Å². The molecule has 0 amide bonds. The number of benzene rings is 1. The summed E-state index contributed by atoms with van der Waals surface area (Å²) in [6, 6.07) is 7.74. The summed E-state index contributed by atoms with van der Waals surface area (Å²) in [5, 5.41) is 8.15. The lowest BCUT2D eigenvalue weighted by Gasteiger charge is -2.18. The van der Waals surface area contributed by atoms with Gasteiger partial charge < -0.3 is 9.84 Å². The Morgan fingerprint density at radius 3 is 2.60 bits per heavy atom. The number of piperidine rings is 1. The molecule has 1 aliphatic rings. The standard InChI is InChI=1S/C14H16ClN3O.ClH/c15-12-3-1-10(2-4-12)9-13-17-14(19-18-13)11-5-7-16-8-6-11;/h1-4,11,16H,5-9H2;1H. The molecular formula is C14H17Cl2N3O. The summed E-state index contributed by atoms with van der Waals surface area (Å²) < 4.78 is 5.39. The number of hydrogen-bond donors (Lipinski definition) is 1. The third kappa shape index (κ3) is 3.72. The molecule has 0 atom stereocenters. The monoisotopic (exact) mass is 313 g/mol. The number of aromatic nitrogens is 2. The Morgan fingerprint density at radius 1 is 1.20 bits per heavy atom. The van der Waals surface area contributed by atoms with Crippen molar-refractivity contribution >= 4 is 24.0 Å². The molecule has 2 aromatic rings. The first-order valence-corrected chi connectivity index (χ1v) is 6.97. The van der Waals surface area contributed by atoms with E-state index in [2.05, 4.69) is 15.5 Å². The molecule has 1 fully saturated rings. The molecule has 1 aromatic carbocycles. The van der Waals surface area contributed by atoms with Crippen LogP contribution in [0.3, 0.4) is 0 Å². The second kappa shape index (κ2) is 7.07. The zero-order valence-electron chi connectivity index (χ0n) is 11.0. The van der Waals surface area contributed by atoms with E-state index in [4.69, 9.17) is 16.1 Å². The van der Waals surface area contributed by atoms with Gasteiger partial charge in [0.1, 0.15) is 0 Å². The van der Waals surface area contributed by atoms with Gasteiger partial charge in [0.25, 0.3) is 0 Å². The van der Waals surface area contributed by atoms with Crippen molar-refractivity contribution in [3.63, 3.8) is 0 Å². The van der Waals surface area contributed by atoms with E-state index >= 15 is 0 Å². The molecule has 108 valence electrons. The lowest BCUT2D eigenvalue weighted by atomic mass is 9.98. The van der Waals surface area contributed by atoms with Gasteiger partial charge in [-0.25, -0.2) is 0 Å². The van der Waals surface area contributed by atoms with Crippen molar-refractivity contribution in [3.05, 3.63) is 46.6 Å². The minimum Gasteiger partial charge on any atom is -0.339 e. The average Bonchev–Trinajstić information content (AvgIpc) is 2.91. The summed E-state index contributed by atoms with van der Waals surface area (Å²) in [6.07, 6.45) is 2.83. The lowest BCUT2D eigenvalue weighted by Crippen LogP contribution is -2.26. The Morgan fingerprint density at radius 2 is 1.90 bits per heavy atom. The zero-order valence-corrected chi connectivity index (χ0v) is 12.6. The Labute approximate surface area is 129 Å². The Bertz CT molecular complexity index is 536. The highest BCUT2D eigenvalue weighted by Crippen LogP contribution is 2.23. The molecule has 0 spiro atoms. The molecule has 2 heterocycles. The fraction of sp³-hybridized carbons (Fsp3) is 0.429. The van der Waals surface area contributed by atoms with E-state index in [1.165, 1.54) is 0 Å². The molecule has 0 radical (unpaired) electrons. The smallest absolute Gasteiger partial charge is 0.229 e. The first-order valence-electron chi connectivity index (χ1n) is 6.59. The van der Waals surface area contributed by atoms with Crippen LogP contribution >= 0.6 is 24.0 Å². The van der Waals surface area contributed by atoms with Crippen LogP contribution in [0.5, 0.6) is 0 Å². The van der Waals surface area contributed by atoms with E-state index < -0.39 is 0 Å². The van der Waals surface area contributed by atoms with Crippen LogP contribution in [-0.2, 0) is 6.42 Å². The molecule has 6 heteroatoms. The molecule has 0 aliphatic carbocycles. The summed E-state index contributed by atoms with van der Waals surface area (Å²) in [5.74, 6) is 1.94. The number of nitrogens with zero attached hydrogens (tertiary/aromatic N) is 2. The van der Waals surface area contributed by atoms with E-state index in [1.807, 2.05) is 24.3 Å². The second-order valence-corrected chi connectivity index (χ2v) is 5.31. The minimum atomic E-state index is 0. The molecule has 3 rings (SSSR count). The van der Waals surface area contributed by atoms with Crippen molar-refractivity contribution in [1.82, 2.24) is 15.5 Å². The maximum absolute atomic E-state index is 5.86. The fourth-order valence-corrected chi connectivity index (χ4v) is 2.48. The van der Waals surface area contributed by atoms with Crippen molar-refractivity contribution in [2.75, 3.05) is 13.1 Å². The predicted molar refractivity (Wildman–Crippen MR) is 80.6 cm³/mol. The van der Waals surface area contributed by atoms with Gasteiger partial charge >= 0.3 is 0 Å². The Balaban J connectivity index is 0.00000147. The van der Waals surface area contributed by atoms with Gasteiger partial charge in [-0.3, -0.25) is 0 Å². The quantitative estimate of drug-likeness (QED) is 0.945. The van der Waals surface area contributed by atoms with Crippen LogP contribution in [0, 0.1) is 0 Å². The first-order chi connectivity index (χ1) is 9.31. The molecule has 1 aliphatic heterocycles. The molecule has 1 aromatic heterocycles. The number of halogens is 2. The maximum atomic E-state index is 5.86. The van der Waals surface area contributed by atoms with Gasteiger partial charge in [-0.05, 0) is 43.6 Å². The van der Waals surface area contributed by atoms with Gasteiger partial charge in [-0.15, -0.1) is 12.4 Å². The summed E-state index contributed by atoms with van der Waals surface area (Å²) in [4.78, 5) is 4.51. The summed E-state index contributed by atoms with van der Waals surface area (Å²) in [6.45, 7) is 2.05. The van der Waals surface area contributed by atoms with Gasteiger partial charge in [-0.2, -0.15) is 4.98 Å². The topological polar surface area (TPSA) is 51.0 Å². The summed E-state index contributed by atoms with van der Waals surface area (Å²) >= 11 is 5.86. The van der Waals surface area contributed by atoms with Gasteiger partial charge in [0, 0.05) is 17.4 Å². The third-order valence-electron chi connectivity index (χ3n) is 3.45. The van der Waals surface area contributed by atoms with Crippen molar-refractivity contribution < 1.29 is 4.52 Å². The van der Waals surface area contributed by atoms with Crippen LogP contribution in [-0.4, -0.2) is 23.2 Å². The highest BCUT2D eigenvalue weighted by atomic mass is 35.5. The summed E-state index contributed by atoms with van der Waals surface area (Å²) in [5.41, 5.74) is 1.14. The van der Waals surface area contributed by atoms with E-state index in [0.717, 1.165) is 48.2 Å². The van der Waals surface area contributed by atoms with Crippen molar-refractivity contribution in [2.45, 2.75) is 25.2 Å². The minimum absolute atomic E-state index is 0. The van der Waals surface area contributed by atoms with Crippen molar-refractivity contribution in [2.24, 2.45) is 0 Å². The normalized spacial score (nSPS) is 15.8. The Kier molecular flexibility index (Phi) is 5.40. The molecule has 0 unspecified atom stereocenters. The molecule has 0 saturated carbocycles. The van der Waals surface area contributed by atoms with Crippen molar-refractivity contribution in [1.29, 1.82) is 0 Å². The number of rotatable bonds is 3. The molecule has 20 heavy (non-hydrogen) atoms. The third-order valence-corrected chi connectivity index (χ3v) is 3.70. The van der Waals surface area contributed by atoms with E-state index in [0.29, 0.717) is 12.3 Å². The van der Waals surface area contributed by atoms with Crippen LogP contribution in [0.2, 0.25) is 5.02 Å². The molecular weight excluding hydrogens is 297 g/mol. The van der Waals surface area contributed by atoms with Gasteiger partial charge in [0.05, 0.1) is 0 Å². The molecule has 4 nitrogen and oxygen atoms in total. The highest BCUT2D eigenvalue weighted by Gasteiger charge is 2.21. The number of nitrogens with one attached hydrogen (secondary N) is 1.